The maximum absolute atomic E-state index is 10.7. The third kappa shape index (κ3) is 8.87. The topological polar surface area (TPSA) is 87.9 Å². The molecule has 12 heteroatoms. The number of aryl methyl sites for hydroxylation is 1. The van der Waals surface area contributed by atoms with Crippen molar-refractivity contribution in [2.24, 2.45) is 7.05 Å². The van der Waals surface area contributed by atoms with Crippen molar-refractivity contribution in [2.45, 2.75) is 5.51 Å². The molecule has 1 heterocycles. The summed E-state index contributed by atoms with van der Waals surface area (Å²) in [6.07, 6.45) is 0. The van der Waals surface area contributed by atoms with Crippen LogP contribution in [0.5, 0.6) is 0 Å². The summed E-state index contributed by atoms with van der Waals surface area (Å²) in [7, 11) is -4.65. The molecule has 1 radical (unpaired) electrons. The third-order valence-electron chi connectivity index (χ3n) is 4.84. The van der Waals surface area contributed by atoms with Crippen LogP contribution in [0.25, 0.3) is 11.0 Å². The Bertz CT molecular complexity index is 1410. The van der Waals surface area contributed by atoms with Crippen molar-refractivity contribution in [3.63, 3.8) is 0 Å². The van der Waals surface area contributed by atoms with Gasteiger partial charge in [-0.1, -0.05) is 108 Å². The van der Waals surface area contributed by atoms with Crippen molar-refractivity contribution in [1.29, 1.82) is 0 Å². The van der Waals surface area contributed by atoms with Gasteiger partial charge in [-0.05, 0) is 36.0 Å². The molecule has 0 amide bonds. The van der Waals surface area contributed by atoms with Crippen LogP contribution in [0.4, 0.5) is 13.2 Å². The smallest absolute Gasteiger partial charge is 0.485 e. The summed E-state index contributed by atoms with van der Waals surface area (Å²) < 4.78 is 60.7. The van der Waals surface area contributed by atoms with E-state index in [0.717, 1.165) is 11.0 Å². The van der Waals surface area contributed by atoms with Gasteiger partial charge in [0, 0.05) is 29.4 Å². The van der Waals surface area contributed by atoms with Gasteiger partial charge in [-0.3, -0.25) is 0 Å². The molecule has 0 bridgehead atoms. The van der Waals surface area contributed by atoms with E-state index >= 15 is 0 Å². The number of hydrogen-bond donors (Lipinski definition) is 0. The van der Waals surface area contributed by atoms with E-state index in [0.29, 0.717) is 0 Å². The van der Waals surface area contributed by atoms with E-state index in [1.807, 2.05) is 31.3 Å². The van der Waals surface area contributed by atoms with Crippen LogP contribution in [-0.2, 0) is 39.5 Å². The molecule has 0 saturated heterocycles. The first kappa shape index (κ1) is 31.4. The van der Waals surface area contributed by atoms with Gasteiger partial charge in [0.2, 0.25) is 0 Å². The summed E-state index contributed by atoms with van der Waals surface area (Å²) in [4.78, 5) is 0. The van der Waals surface area contributed by atoms with E-state index in [-0.39, 0.29) is 22.4 Å². The van der Waals surface area contributed by atoms with Gasteiger partial charge in [-0.2, -0.15) is 13.2 Å². The number of benzene rings is 4. The van der Waals surface area contributed by atoms with Crippen LogP contribution in [-0.4, -0.2) is 33.5 Å². The Morgan fingerprint density at radius 1 is 0.711 bits per heavy atom. The molecule has 4 aromatic carbocycles. The minimum Gasteiger partial charge on any atom is -0.741 e. The van der Waals surface area contributed by atoms with E-state index in [4.69, 9.17) is 13.0 Å². The van der Waals surface area contributed by atoms with Crippen molar-refractivity contribution >= 4 is 45.0 Å². The molecule has 0 spiro atoms. The quantitative estimate of drug-likeness (QED) is 0.118. The standard InChI is InChI=1S/C18H15P.C7H7N3.CHF3O3S.Au/c1-4-10-16(11-5-1)19(17-12-6-2-7-13-17)18-14-8-3-9-15-18;1-10-7-5-3-2-4-6(7)8-9-10;2-1(3,4)8(5,6)7;/h1-15H;2-5H,1H3;(H,5,6,7);/p-1. The summed E-state index contributed by atoms with van der Waals surface area (Å²) in [5.41, 5.74) is -3.62. The second-order valence-electron chi connectivity index (χ2n) is 7.44. The summed E-state index contributed by atoms with van der Waals surface area (Å²) in [6.45, 7) is 0. The van der Waals surface area contributed by atoms with Crippen molar-refractivity contribution in [3.05, 3.63) is 115 Å². The molecule has 6 nitrogen and oxygen atoms in total. The molecule has 38 heavy (non-hydrogen) atoms. The van der Waals surface area contributed by atoms with Crippen LogP contribution < -0.4 is 15.9 Å². The molecule has 1 aromatic heterocycles. The van der Waals surface area contributed by atoms with Crippen molar-refractivity contribution < 1.29 is 48.5 Å². The number of fused-ring (bicyclic) bond motifs is 1. The van der Waals surface area contributed by atoms with E-state index in [1.54, 1.807) is 4.68 Å². The molecule has 0 N–H and O–H groups in total. The second-order valence-corrected chi connectivity index (χ2v) is 11.0. The predicted octanol–water partition coefficient (Wildman–Crippen LogP) is 4.46. The predicted molar refractivity (Wildman–Crippen MR) is 139 cm³/mol. The molecule has 0 unspecified atom stereocenters. The summed E-state index contributed by atoms with van der Waals surface area (Å²) in [5, 5.41) is 12.0. The second kappa shape index (κ2) is 14.3. The number of alkyl halides is 3. The molecule has 5 aromatic rings. The van der Waals surface area contributed by atoms with Gasteiger partial charge in [-0.25, -0.2) is 13.1 Å². The molecule has 203 valence electrons. The monoisotopic (exact) mass is 741 g/mol. The maximum Gasteiger partial charge on any atom is 0.485 e. The van der Waals surface area contributed by atoms with Crippen molar-refractivity contribution in [2.75, 3.05) is 0 Å². The zero-order chi connectivity index (χ0) is 26.9. The van der Waals surface area contributed by atoms with Crippen LogP contribution in [0.15, 0.2) is 115 Å². The fourth-order valence-corrected chi connectivity index (χ4v) is 5.47. The Kier molecular flexibility index (Phi) is 11.8. The van der Waals surface area contributed by atoms with E-state index in [9.17, 15) is 13.2 Å². The Morgan fingerprint density at radius 2 is 1.05 bits per heavy atom. The van der Waals surface area contributed by atoms with Crippen molar-refractivity contribution in [1.82, 2.24) is 15.0 Å². The Hall–Kier alpha value is -2.85. The van der Waals surface area contributed by atoms with Gasteiger partial charge in [0.15, 0.2) is 10.1 Å². The van der Waals surface area contributed by atoms with Gasteiger partial charge < -0.3 is 4.55 Å². The first-order chi connectivity index (χ1) is 17.6. The number of rotatable bonds is 3. The summed E-state index contributed by atoms with van der Waals surface area (Å²) >= 11 is 0. The first-order valence-corrected chi connectivity index (χ1v) is 13.5. The third-order valence-corrected chi connectivity index (χ3v) is 7.85. The van der Waals surface area contributed by atoms with Crippen LogP contribution in [0.2, 0.25) is 0 Å². The number of halogens is 3. The van der Waals surface area contributed by atoms with Crippen LogP contribution in [0.1, 0.15) is 0 Å². The SMILES string of the molecule is Cn1nnc2ccccc21.O=S(=O)([O-])C(F)(F)F.[Au].c1ccc(P(c2ccccc2)c2ccccc2)cc1. The molecule has 0 aliphatic rings. The molecule has 0 aliphatic heterocycles. The van der Waals surface area contributed by atoms with E-state index in [2.05, 4.69) is 101 Å². The minimum atomic E-state index is -6.09. The van der Waals surface area contributed by atoms with Crippen molar-refractivity contribution in [3.8, 4) is 0 Å². The average molecular weight is 741 g/mol. The van der Waals surface area contributed by atoms with Crippen LogP contribution in [0.3, 0.4) is 0 Å². The van der Waals surface area contributed by atoms with Gasteiger partial charge in [0.25, 0.3) is 0 Å². The van der Waals surface area contributed by atoms with Gasteiger partial charge >= 0.3 is 5.51 Å². The zero-order valence-electron chi connectivity index (χ0n) is 19.8. The van der Waals surface area contributed by atoms with E-state index in [1.165, 1.54) is 15.9 Å². The molecule has 0 saturated carbocycles. The van der Waals surface area contributed by atoms with Gasteiger partial charge in [0.05, 0.1) is 5.52 Å². The fourth-order valence-electron chi connectivity index (χ4n) is 3.16. The number of nitrogens with zero attached hydrogens (tertiary/aromatic N) is 3. The van der Waals surface area contributed by atoms with E-state index < -0.39 is 23.5 Å². The number of aromatic nitrogens is 3. The molecular formula is C26H22AuF3N3O3PS-. The van der Waals surface area contributed by atoms with Gasteiger partial charge in [0.1, 0.15) is 5.52 Å². The van der Waals surface area contributed by atoms with Gasteiger partial charge in [-0.15, -0.1) is 5.10 Å². The molecule has 0 aliphatic carbocycles. The summed E-state index contributed by atoms with van der Waals surface area (Å²) in [6, 6.07) is 40.2. The Balaban J connectivity index is 0.000000225. The zero-order valence-corrected chi connectivity index (χ0v) is 23.7. The number of hydrogen-bond acceptors (Lipinski definition) is 5. The van der Waals surface area contributed by atoms with Crippen LogP contribution in [0, 0.1) is 0 Å². The maximum atomic E-state index is 10.7. The molecular weight excluding hydrogens is 719 g/mol. The first-order valence-electron chi connectivity index (χ1n) is 10.8. The molecule has 0 fully saturated rings. The summed E-state index contributed by atoms with van der Waals surface area (Å²) in [5.74, 6) is 0. The number of para-hydroxylation sites is 1. The Morgan fingerprint density at radius 3 is 1.39 bits per heavy atom. The molecule has 5 rings (SSSR count). The normalized spacial score (nSPS) is 11.0. The average Bonchev–Trinajstić information content (AvgIpc) is 3.27. The largest absolute Gasteiger partial charge is 0.741 e. The molecule has 0 atom stereocenters. The van der Waals surface area contributed by atoms with Crippen LogP contribution >= 0.6 is 7.92 Å². The minimum absolute atomic E-state index is 0. The Labute approximate surface area is 235 Å². The fraction of sp³-hybridized carbons (Fsp3) is 0.0769.